The fourth-order valence-electron chi connectivity index (χ4n) is 2.94. The van der Waals surface area contributed by atoms with Crippen LogP contribution in [0.3, 0.4) is 0 Å². The van der Waals surface area contributed by atoms with Crippen LogP contribution in [0.5, 0.6) is 11.5 Å². The first-order valence-corrected chi connectivity index (χ1v) is 9.37. The predicted molar refractivity (Wildman–Crippen MR) is 110 cm³/mol. The van der Waals surface area contributed by atoms with Crippen LogP contribution < -0.4 is 9.47 Å². The van der Waals surface area contributed by atoms with E-state index in [0.717, 1.165) is 11.1 Å². The number of ether oxygens (including phenoxy) is 2. The molecule has 0 aliphatic heterocycles. The highest BCUT2D eigenvalue weighted by molar-refractivity contribution is 5.87. The second-order valence-corrected chi connectivity index (χ2v) is 6.56. The number of hydrogen-bond donors (Lipinski definition) is 1. The van der Waals surface area contributed by atoms with E-state index in [2.05, 4.69) is 5.16 Å². The van der Waals surface area contributed by atoms with Crippen molar-refractivity contribution in [3.63, 3.8) is 0 Å². The normalized spacial score (nSPS) is 10.5. The smallest absolute Gasteiger partial charge is 0.358 e. The minimum atomic E-state index is -1.16. The largest absolute Gasteiger partial charge is 0.485 e. The Balaban J connectivity index is 1.66. The second kappa shape index (κ2) is 8.96. The van der Waals surface area contributed by atoms with Crippen molar-refractivity contribution in [3.8, 4) is 22.8 Å². The molecule has 150 valence electrons. The zero-order valence-corrected chi connectivity index (χ0v) is 16.0. The lowest BCUT2D eigenvalue weighted by atomic mass is 10.1. The Morgan fingerprint density at radius 3 is 2.07 bits per heavy atom. The SMILES string of the molecule is O=C(O)c1cc(-c2cccc(OCc3ccccc3)c2OCc2ccccc2)on1. The van der Waals surface area contributed by atoms with Crippen LogP contribution in [0.2, 0.25) is 0 Å². The summed E-state index contributed by atoms with van der Waals surface area (Å²) in [7, 11) is 0. The van der Waals surface area contributed by atoms with E-state index in [4.69, 9.17) is 19.1 Å². The van der Waals surface area contributed by atoms with Crippen LogP contribution in [0, 0.1) is 0 Å². The maximum Gasteiger partial charge on any atom is 0.358 e. The highest BCUT2D eigenvalue weighted by Gasteiger charge is 2.19. The van der Waals surface area contributed by atoms with Crippen molar-refractivity contribution in [2.24, 2.45) is 0 Å². The fourth-order valence-corrected chi connectivity index (χ4v) is 2.94. The van der Waals surface area contributed by atoms with Crippen molar-refractivity contribution < 1.29 is 23.9 Å². The number of aromatic nitrogens is 1. The minimum Gasteiger partial charge on any atom is -0.485 e. The third kappa shape index (κ3) is 4.50. The summed E-state index contributed by atoms with van der Waals surface area (Å²) in [5.41, 5.74) is 2.40. The Morgan fingerprint density at radius 1 is 0.833 bits per heavy atom. The van der Waals surface area contributed by atoms with Gasteiger partial charge in [0.2, 0.25) is 0 Å². The average molecular weight is 401 g/mol. The quantitative estimate of drug-likeness (QED) is 0.437. The molecule has 0 bridgehead atoms. The first-order chi connectivity index (χ1) is 14.7. The average Bonchev–Trinajstić information content (AvgIpc) is 3.28. The molecule has 30 heavy (non-hydrogen) atoms. The highest BCUT2D eigenvalue weighted by Crippen LogP contribution is 2.39. The molecule has 6 heteroatoms. The summed E-state index contributed by atoms with van der Waals surface area (Å²) >= 11 is 0. The van der Waals surface area contributed by atoms with Crippen LogP contribution in [-0.4, -0.2) is 16.2 Å². The molecule has 0 spiro atoms. The van der Waals surface area contributed by atoms with Gasteiger partial charge in [-0.05, 0) is 23.3 Å². The van der Waals surface area contributed by atoms with E-state index in [1.54, 1.807) is 18.2 Å². The molecular weight excluding hydrogens is 382 g/mol. The Labute approximate surface area is 173 Å². The lowest BCUT2D eigenvalue weighted by molar-refractivity contribution is 0.0686. The molecule has 0 atom stereocenters. The number of carboxylic acid groups (broad SMARTS) is 1. The molecule has 1 N–H and O–H groups in total. The second-order valence-electron chi connectivity index (χ2n) is 6.56. The van der Waals surface area contributed by atoms with Gasteiger partial charge in [-0.25, -0.2) is 4.79 Å². The molecule has 0 saturated carbocycles. The number of benzene rings is 3. The molecule has 0 saturated heterocycles. The Hall–Kier alpha value is -4.06. The summed E-state index contributed by atoms with van der Waals surface area (Å²) in [5, 5.41) is 12.8. The van der Waals surface area contributed by atoms with Gasteiger partial charge >= 0.3 is 5.97 Å². The predicted octanol–water partition coefficient (Wildman–Crippen LogP) is 5.20. The molecule has 0 aliphatic rings. The lowest BCUT2D eigenvalue weighted by Crippen LogP contribution is -2.02. The zero-order valence-electron chi connectivity index (χ0n) is 16.0. The molecule has 0 fully saturated rings. The topological polar surface area (TPSA) is 81.8 Å². The van der Waals surface area contributed by atoms with Gasteiger partial charge < -0.3 is 19.1 Å². The van der Waals surface area contributed by atoms with Crippen molar-refractivity contribution >= 4 is 5.97 Å². The zero-order chi connectivity index (χ0) is 20.8. The van der Waals surface area contributed by atoms with Crippen molar-refractivity contribution in [1.82, 2.24) is 5.16 Å². The van der Waals surface area contributed by atoms with Gasteiger partial charge in [-0.15, -0.1) is 0 Å². The highest BCUT2D eigenvalue weighted by atomic mass is 16.5. The summed E-state index contributed by atoms with van der Waals surface area (Å²) in [4.78, 5) is 11.2. The third-order valence-corrected chi connectivity index (χ3v) is 4.44. The van der Waals surface area contributed by atoms with Crippen molar-refractivity contribution in [3.05, 3.63) is 102 Å². The van der Waals surface area contributed by atoms with E-state index >= 15 is 0 Å². The first-order valence-electron chi connectivity index (χ1n) is 9.37. The standard InChI is InChI=1S/C24H19NO5/c26-24(27)20-14-22(30-25-20)19-12-7-13-21(28-15-17-8-3-1-4-9-17)23(19)29-16-18-10-5-2-6-11-18/h1-14H,15-16H2,(H,26,27). The molecule has 1 aromatic heterocycles. The van der Waals surface area contributed by atoms with E-state index in [1.165, 1.54) is 6.07 Å². The van der Waals surface area contributed by atoms with E-state index in [9.17, 15) is 4.79 Å². The molecule has 6 nitrogen and oxygen atoms in total. The summed E-state index contributed by atoms with van der Waals surface area (Å²) in [6, 6.07) is 26.3. The van der Waals surface area contributed by atoms with Gasteiger partial charge in [0.05, 0.1) is 5.56 Å². The number of carboxylic acids is 1. The van der Waals surface area contributed by atoms with Crippen LogP contribution in [0.1, 0.15) is 21.6 Å². The van der Waals surface area contributed by atoms with Crippen LogP contribution in [0.25, 0.3) is 11.3 Å². The van der Waals surface area contributed by atoms with Crippen LogP contribution in [0.15, 0.2) is 89.5 Å². The maximum absolute atomic E-state index is 11.2. The molecule has 0 amide bonds. The van der Waals surface area contributed by atoms with E-state index in [1.807, 2.05) is 60.7 Å². The molecular formula is C24H19NO5. The van der Waals surface area contributed by atoms with Crippen molar-refractivity contribution in [2.45, 2.75) is 13.2 Å². The fraction of sp³-hybridized carbons (Fsp3) is 0.0833. The van der Waals surface area contributed by atoms with Crippen LogP contribution in [0.4, 0.5) is 0 Å². The monoisotopic (exact) mass is 401 g/mol. The number of para-hydroxylation sites is 1. The summed E-state index contributed by atoms with van der Waals surface area (Å²) < 4.78 is 17.4. The molecule has 0 radical (unpaired) electrons. The van der Waals surface area contributed by atoms with E-state index in [-0.39, 0.29) is 5.69 Å². The van der Waals surface area contributed by atoms with Crippen molar-refractivity contribution in [1.29, 1.82) is 0 Å². The van der Waals surface area contributed by atoms with Gasteiger partial charge in [0.1, 0.15) is 13.2 Å². The number of nitrogens with zero attached hydrogens (tertiary/aromatic N) is 1. The molecule has 4 rings (SSSR count). The molecule has 1 heterocycles. The van der Waals surface area contributed by atoms with Gasteiger partial charge in [-0.1, -0.05) is 71.9 Å². The Morgan fingerprint density at radius 2 is 1.47 bits per heavy atom. The van der Waals surface area contributed by atoms with Gasteiger partial charge in [-0.3, -0.25) is 0 Å². The number of rotatable bonds is 8. The summed E-state index contributed by atoms with van der Waals surface area (Å²) in [6.45, 7) is 0.683. The van der Waals surface area contributed by atoms with Gasteiger partial charge in [0, 0.05) is 6.07 Å². The van der Waals surface area contributed by atoms with Crippen molar-refractivity contribution in [2.75, 3.05) is 0 Å². The number of hydrogen-bond acceptors (Lipinski definition) is 5. The maximum atomic E-state index is 11.2. The van der Waals surface area contributed by atoms with E-state index < -0.39 is 5.97 Å². The minimum absolute atomic E-state index is 0.172. The Kier molecular flexibility index (Phi) is 5.75. The number of aromatic carboxylic acids is 1. The summed E-state index contributed by atoms with van der Waals surface area (Å²) in [6.07, 6.45) is 0. The third-order valence-electron chi connectivity index (χ3n) is 4.44. The van der Waals surface area contributed by atoms with Gasteiger partial charge in [0.15, 0.2) is 23.0 Å². The summed E-state index contributed by atoms with van der Waals surface area (Å²) in [5.74, 6) is 0.125. The van der Waals surface area contributed by atoms with Gasteiger partial charge in [0.25, 0.3) is 0 Å². The number of carbonyl (C=O) groups is 1. The first kappa shape index (κ1) is 19.3. The van der Waals surface area contributed by atoms with Crippen LogP contribution >= 0.6 is 0 Å². The molecule has 0 unspecified atom stereocenters. The molecule has 0 aliphatic carbocycles. The molecule has 3 aromatic carbocycles. The Bertz CT molecular complexity index is 1120. The lowest BCUT2D eigenvalue weighted by Gasteiger charge is -2.15. The van der Waals surface area contributed by atoms with E-state index in [0.29, 0.717) is 36.0 Å². The van der Waals surface area contributed by atoms with Gasteiger partial charge in [-0.2, -0.15) is 0 Å². The molecule has 4 aromatic rings. The van der Waals surface area contributed by atoms with Crippen LogP contribution in [-0.2, 0) is 13.2 Å².